The predicted octanol–water partition coefficient (Wildman–Crippen LogP) is 4.30. The molecule has 0 atom stereocenters. The normalized spacial score (nSPS) is 10.6. The first-order valence-corrected chi connectivity index (χ1v) is 8.11. The van der Waals surface area contributed by atoms with Crippen LogP contribution in [-0.2, 0) is 12.8 Å². The largest absolute Gasteiger partial charge is 0.372 e. The lowest BCUT2D eigenvalue weighted by atomic mass is 10.0. The van der Waals surface area contributed by atoms with E-state index in [1.165, 1.54) is 5.56 Å². The Morgan fingerprint density at radius 2 is 1.90 bits per heavy atom. The molecule has 0 unspecified atom stereocenters. The van der Waals surface area contributed by atoms with Crippen molar-refractivity contribution in [1.29, 1.82) is 0 Å². The minimum absolute atomic E-state index is 0.829. The van der Waals surface area contributed by atoms with E-state index in [0.717, 1.165) is 45.7 Å². The number of nitrogens with zero attached hydrogens (tertiary/aromatic N) is 2. The molecule has 1 aromatic carbocycles. The van der Waals surface area contributed by atoms with Crippen LogP contribution in [-0.4, -0.2) is 17.0 Å². The Morgan fingerprint density at radius 3 is 2.55 bits per heavy atom. The Labute approximate surface area is 134 Å². The first kappa shape index (κ1) is 15.2. The fourth-order valence-electron chi connectivity index (χ4n) is 2.23. The zero-order valence-corrected chi connectivity index (χ0v) is 14.4. The van der Waals surface area contributed by atoms with Crippen LogP contribution in [0.4, 0.5) is 5.82 Å². The van der Waals surface area contributed by atoms with Gasteiger partial charge in [0, 0.05) is 12.6 Å². The molecule has 4 heteroatoms. The van der Waals surface area contributed by atoms with Crippen LogP contribution in [0.1, 0.15) is 31.5 Å². The first-order valence-electron chi connectivity index (χ1n) is 7.03. The summed E-state index contributed by atoms with van der Waals surface area (Å²) in [6, 6.07) is 8.38. The quantitative estimate of drug-likeness (QED) is 0.785. The Morgan fingerprint density at radius 1 is 1.15 bits per heavy atom. The van der Waals surface area contributed by atoms with Gasteiger partial charge in [-0.3, -0.25) is 0 Å². The van der Waals surface area contributed by atoms with Gasteiger partial charge in [0.2, 0.25) is 0 Å². The van der Waals surface area contributed by atoms with Gasteiger partial charge in [-0.05, 0) is 41.0 Å². The third-order valence-corrected chi connectivity index (χ3v) is 4.42. The summed E-state index contributed by atoms with van der Waals surface area (Å²) in [7, 11) is 1.91. The molecule has 0 aliphatic heterocycles. The van der Waals surface area contributed by atoms with Crippen molar-refractivity contribution >= 4 is 28.4 Å². The Bertz CT molecular complexity index is 596. The molecule has 0 fully saturated rings. The van der Waals surface area contributed by atoms with Gasteiger partial charge >= 0.3 is 0 Å². The third kappa shape index (κ3) is 3.11. The van der Waals surface area contributed by atoms with Gasteiger partial charge in [-0.1, -0.05) is 44.5 Å². The van der Waals surface area contributed by atoms with E-state index < -0.39 is 0 Å². The highest BCUT2D eigenvalue weighted by Gasteiger charge is 2.13. The molecule has 0 saturated carbocycles. The first-order chi connectivity index (χ1) is 9.71. The highest BCUT2D eigenvalue weighted by molar-refractivity contribution is 14.1. The van der Waals surface area contributed by atoms with Crippen molar-refractivity contribution in [2.75, 3.05) is 12.4 Å². The lowest BCUT2D eigenvalue weighted by Gasteiger charge is -2.12. The van der Waals surface area contributed by atoms with Crippen molar-refractivity contribution in [3.05, 3.63) is 39.1 Å². The lowest BCUT2D eigenvalue weighted by molar-refractivity contribution is 0.867. The van der Waals surface area contributed by atoms with E-state index in [9.17, 15) is 0 Å². The Balaban J connectivity index is 2.59. The number of aryl methyl sites for hydroxylation is 2. The van der Waals surface area contributed by atoms with Crippen LogP contribution in [0.3, 0.4) is 0 Å². The molecule has 1 N–H and O–H groups in total. The summed E-state index contributed by atoms with van der Waals surface area (Å²) in [5, 5.41) is 3.18. The summed E-state index contributed by atoms with van der Waals surface area (Å²) < 4.78 is 1.13. The van der Waals surface area contributed by atoms with E-state index in [1.54, 1.807) is 0 Å². The second-order valence-corrected chi connectivity index (χ2v) is 5.75. The van der Waals surface area contributed by atoms with Gasteiger partial charge in [0.15, 0.2) is 5.82 Å². The topological polar surface area (TPSA) is 37.8 Å². The fraction of sp³-hybridized carbons (Fsp3) is 0.375. The maximum Gasteiger partial charge on any atom is 0.162 e. The highest BCUT2D eigenvalue weighted by atomic mass is 127. The monoisotopic (exact) mass is 381 g/mol. The number of hydrogen-bond acceptors (Lipinski definition) is 3. The average Bonchev–Trinajstić information content (AvgIpc) is 2.49. The standard InChI is InChI=1S/C16H20IN3/c1-4-8-13-14(17)16(18-3)20-15(19-13)12-10-7-6-9-11(12)5-2/h6-7,9-10H,4-5,8H2,1-3H3,(H,18,19,20). The van der Waals surface area contributed by atoms with Gasteiger partial charge in [0.05, 0.1) is 9.26 Å². The molecule has 2 rings (SSSR count). The summed E-state index contributed by atoms with van der Waals surface area (Å²) in [5.74, 6) is 1.75. The van der Waals surface area contributed by atoms with Crippen molar-refractivity contribution in [3.8, 4) is 11.4 Å². The number of benzene rings is 1. The molecule has 0 radical (unpaired) electrons. The van der Waals surface area contributed by atoms with Crippen molar-refractivity contribution in [2.45, 2.75) is 33.1 Å². The van der Waals surface area contributed by atoms with Gasteiger partial charge in [-0.15, -0.1) is 0 Å². The SMILES string of the molecule is CCCc1nc(-c2ccccc2CC)nc(NC)c1I. The van der Waals surface area contributed by atoms with Gasteiger partial charge in [0.1, 0.15) is 5.82 Å². The van der Waals surface area contributed by atoms with Crippen molar-refractivity contribution in [3.63, 3.8) is 0 Å². The molecule has 0 saturated heterocycles. The predicted molar refractivity (Wildman–Crippen MR) is 93.1 cm³/mol. The summed E-state index contributed by atoms with van der Waals surface area (Å²) in [5.41, 5.74) is 3.56. The van der Waals surface area contributed by atoms with Crippen LogP contribution >= 0.6 is 22.6 Å². The molecule has 0 aliphatic carbocycles. The van der Waals surface area contributed by atoms with E-state index >= 15 is 0 Å². The maximum absolute atomic E-state index is 4.79. The summed E-state index contributed by atoms with van der Waals surface area (Å²) in [6.45, 7) is 4.34. The third-order valence-electron chi connectivity index (χ3n) is 3.28. The lowest BCUT2D eigenvalue weighted by Crippen LogP contribution is -2.06. The van der Waals surface area contributed by atoms with Crippen molar-refractivity contribution < 1.29 is 0 Å². The number of rotatable bonds is 5. The van der Waals surface area contributed by atoms with Gasteiger partial charge < -0.3 is 5.32 Å². The summed E-state index contributed by atoms with van der Waals surface area (Å²) in [4.78, 5) is 9.47. The van der Waals surface area contributed by atoms with Crippen LogP contribution in [0, 0.1) is 3.57 Å². The van der Waals surface area contributed by atoms with Crippen molar-refractivity contribution in [2.24, 2.45) is 0 Å². The molecule has 106 valence electrons. The molecule has 0 bridgehead atoms. The van der Waals surface area contributed by atoms with E-state index in [0.29, 0.717) is 0 Å². The van der Waals surface area contributed by atoms with Crippen LogP contribution in [0.5, 0.6) is 0 Å². The maximum atomic E-state index is 4.79. The minimum Gasteiger partial charge on any atom is -0.372 e. The molecule has 1 aromatic heterocycles. The van der Waals surface area contributed by atoms with E-state index in [2.05, 4.69) is 64.9 Å². The number of hydrogen-bond donors (Lipinski definition) is 1. The van der Waals surface area contributed by atoms with Gasteiger partial charge in [-0.25, -0.2) is 9.97 Å². The van der Waals surface area contributed by atoms with E-state index in [-0.39, 0.29) is 0 Å². The van der Waals surface area contributed by atoms with Crippen LogP contribution in [0.25, 0.3) is 11.4 Å². The molecular weight excluding hydrogens is 361 g/mol. The number of nitrogens with one attached hydrogen (secondary N) is 1. The van der Waals surface area contributed by atoms with Crippen LogP contribution in [0.15, 0.2) is 24.3 Å². The fourth-order valence-corrected chi connectivity index (χ4v) is 3.01. The highest BCUT2D eigenvalue weighted by Crippen LogP contribution is 2.26. The minimum atomic E-state index is 0.829. The number of aromatic nitrogens is 2. The van der Waals surface area contributed by atoms with Gasteiger partial charge in [0.25, 0.3) is 0 Å². The second kappa shape index (κ2) is 7.02. The molecule has 3 nitrogen and oxygen atoms in total. The smallest absolute Gasteiger partial charge is 0.162 e. The zero-order valence-electron chi connectivity index (χ0n) is 12.2. The average molecular weight is 381 g/mol. The summed E-state index contributed by atoms with van der Waals surface area (Å²) >= 11 is 2.33. The Hall–Kier alpha value is -1.17. The van der Waals surface area contributed by atoms with Crippen LogP contribution in [0.2, 0.25) is 0 Å². The molecule has 20 heavy (non-hydrogen) atoms. The second-order valence-electron chi connectivity index (χ2n) is 4.67. The summed E-state index contributed by atoms with van der Waals surface area (Å²) in [6.07, 6.45) is 3.06. The van der Waals surface area contributed by atoms with Crippen LogP contribution < -0.4 is 5.32 Å². The molecule has 0 aliphatic rings. The van der Waals surface area contributed by atoms with Gasteiger partial charge in [-0.2, -0.15) is 0 Å². The van der Waals surface area contributed by atoms with Crippen molar-refractivity contribution in [1.82, 2.24) is 9.97 Å². The zero-order chi connectivity index (χ0) is 14.5. The van der Waals surface area contributed by atoms with E-state index in [4.69, 9.17) is 4.98 Å². The Kier molecular flexibility index (Phi) is 5.34. The molecule has 0 amide bonds. The van der Waals surface area contributed by atoms with E-state index in [1.807, 2.05) is 13.1 Å². The molecular formula is C16H20IN3. The molecule has 2 aromatic rings. The molecule has 1 heterocycles. The number of anilines is 1. The molecule has 0 spiro atoms. The number of halogens is 1.